The maximum atomic E-state index is 11.8. The van der Waals surface area contributed by atoms with E-state index in [-0.39, 0.29) is 11.3 Å². The summed E-state index contributed by atoms with van der Waals surface area (Å²) in [5.74, 6) is -0.133. The normalized spacial score (nSPS) is 11.3. The molecule has 2 rings (SSSR count). The van der Waals surface area contributed by atoms with Crippen LogP contribution in [0.5, 0.6) is 5.75 Å². The topological polar surface area (TPSA) is 78.7 Å². The average molecular weight is 313 g/mol. The zero-order chi connectivity index (χ0) is 16.8. The van der Waals surface area contributed by atoms with Gasteiger partial charge in [-0.15, -0.1) is 0 Å². The fourth-order valence-electron chi connectivity index (χ4n) is 2.02. The van der Waals surface area contributed by atoms with Gasteiger partial charge in [0.05, 0.1) is 17.6 Å². The van der Waals surface area contributed by atoms with Crippen molar-refractivity contribution in [2.45, 2.75) is 6.10 Å². The van der Waals surface area contributed by atoms with Crippen LogP contribution in [0, 0.1) is 10.1 Å². The Morgan fingerprint density at radius 2 is 1.87 bits per heavy atom. The van der Waals surface area contributed by atoms with Crippen molar-refractivity contribution in [2.24, 2.45) is 0 Å². The molecule has 1 unspecified atom stereocenters. The lowest BCUT2D eigenvalue weighted by Crippen LogP contribution is -2.17. The van der Waals surface area contributed by atoms with E-state index in [0.29, 0.717) is 11.3 Å². The summed E-state index contributed by atoms with van der Waals surface area (Å²) < 4.78 is 10.5. The van der Waals surface area contributed by atoms with Crippen molar-refractivity contribution in [3.63, 3.8) is 0 Å². The molecule has 0 aromatic heterocycles. The van der Waals surface area contributed by atoms with Crippen molar-refractivity contribution in [1.82, 2.24) is 0 Å². The number of esters is 1. The molecule has 0 saturated heterocycles. The standard InChI is InChI=1S/C17H15NO5/c1-12(17(19)22-2)16(23-15-9-4-3-5-10-15)13-7-6-8-14(11-13)18(20)21/h3-11,16H,1H2,2H3. The molecule has 0 spiro atoms. The summed E-state index contributed by atoms with van der Waals surface area (Å²) in [5.41, 5.74) is 0.400. The van der Waals surface area contributed by atoms with Crippen molar-refractivity contribution in [3.05, 3.63) is 82.4 Å². The van der Waals surface area contributed by atoms with Gasteiger partial charge in [0.2, 0.25) is 0 Å². The molecule has 2 aromatic carbocycles. The third-order valence-corrected chi connectivity index (χ3v) is 3.14. The van der Waals surface area contributed by atoms with Crippen LogP contribution in [0.4, 0.5) is 5.69 Å². The van der Waals surface area contributed by atoms with Crippen LogP contribution < -0.4 is 4.74 Å². The minimum atomic E-state index is -0.884. The van der Waals surface area contributed by atoms with Crippen molar-refractivity contribution in [3.8, 4) is 5.75 Å². The second-order valence-electron chi connectivity index (χ2n) is 4.68. The van der Waals surface area contributed by atoms with Gasteiger partial charge in [0.25, 0.3) is 5.69 Å². The van der Waals surface area contributed by atoms with E-state index < -0.39 is 17.0 Å². The Balaban J connectivity index is 2.40. The Labute approximate surface area is 133 Å². The fourth-order valence-corrected chi connectivity index (χ4v) is 2.02. The summed E-state index contributed by atoms with van der Waals surface area (Å²) in [6.45, 7) is 3.70. The smallest absolute Gasteiger partial charge is 0.337 e. The molecular weight excluding hydrogens is 298 g/mol. The number of nitro groups is 1. The molecule has 0 aliphatic rings. The van der Waals surface area contributed by atoms with Gasteiger partial charge in [0.15, 0.2) is 6.10 Å². The van der Waals surface area contributed by atoms with Gasteiger partial charge in [-0.25, -0.2) is 4.79 Å². The molecular formula is C17H15NO5. The fraction of sp³-hybridized carbons (Fsp3) is 0.118. The monoisotopic (exact) mass is 313 g/mol. The molecule has 0 radical (unpaired) electrons. The first kappa shape index (κ1) is 16.2. The van der Waals surface area contributed by atoms with Crippen molar-refractivity contribution < 1.29 is 19.2 Å². The molecule has 2 aromatic rings. The highest BCUT2D eigenvalue weighted by molar-refractivity contribution is 5.89. The van der Waals surface area contributed by atoms with E-state index in [1.54, 1.807) is 30.3 Å². The average Bonchev–Trinajstić information content (AvgIpc) is 2.59. The van der Waals surface area contributed by atoms with Crippen LogP contribution in [0.1, 0.15) is 11.7 Å². The number of non-ortho nitro benzene ring substituents is 1. The van der Waals surface area contributed by atoms with E-state index in [1.165, 1.54) is 25.3 Å². The second kappa shape index (κ2) is 7.22. The van der Waals surface area contributed by atoms with E-state index in [1.807, 2.05) is 6.07 Å². The minimum Gasteiger partial charge on any atom is -0.481 e. The first-order valence-electron chi connectivity index (χ1n) is 6.76. The number of nitro benzene ring substituents is 1. The van der Waals surface area contributed by atoms with Crippen molar-refractivity contribution >= 4 is 11.7 Å². The van der Waals surface area contributed by atoms with Crippen molar-refractivity contribution in [2.75, 3.05) is 7.11 Å². The zero-order valence-corrected chi connectivity index (χ0v) is 12.5. The molecule has 0 aliphatic carbocycles. The van der Waals surface area contributed by atoms with Gasteiger partial charge in [0.1, 0.15) is 5.75 Å². The molecule has 6 heteroatoms. The SMILES string of the molecule is C=C(C(=O)OC)C(Oc1ccccc1)c1cccc([N+](=O)[O-])c1. The molecule has 6 nitrogen and oxygen atoms in total. The highest BCUT2D eigenvalue weighted by Crippen LogP contribution is 2.30. The number of methoxy groups -OCH3 is 1. The van der Waals surface area contributed by atoms with Gasteiger partial charge in [0, 0.05) is 17.7 Å². The number of hydrogen-bond donors (Lipinski definition) is 0. The summed E-state index contributed by atoms with van der Waals surface area (Å²) in [6, 6.07) is 14.7. The quantitative estimate of drug-likeness (QED) is 0.353. The van der Waals surface area contributed by atoms with E-state index in [4.69, 9.17) is 4.74 Å². The second-order valence-corrected chi connectivity index (χ2v) is 4.68. The molecule has 0 N–H and O–H groups in total. The van der Waals surface area contributed by atoms with Gasteiger partial charge >= 0.3 is 5.97 Å². The predicted molar refractivity (Wildman–Crippen MR) is 84.1 cm³/mol. The Morgan fingerprint density at radius 1 is 1.17 bits per heavy atom. The number of hydrogen-bond acceptors (Lipinski definition) is 5. The van der Waals surface area contributed by atoms with E-state index in [0.717, 1.165) is 0 Å². The first-order valence-corrected chi connectivity index (χ1v) is 6.76. The molecule has 0 fully saturated rings. The van der Waals surface area contributed by atoms with Gasteiger partial charge in [-0.05, 0) is 12.1 Å². The van der Waals surface area contributed by atoms with Crippen LogP contribution >= 0.6 is 0 Å². The first-order chi connectivity index (χ1) is 11.0. The summed E-state index contributed by atoms with van der Waals surface area (Å²) in [7, 11) is 1.24. The third kappa shape index (κ3) is 3.94. The number of para-hydroxylation sites is 1. The predicted octanol–water partition coefficient (Wildman–Crippen LogP) is 3.44. The lowest BCUT2D eigenvalue weighted by atomic mass is 10.0. The van der Waals surface area contributed by atoms with Gasteiger partial charge in [-0.3, -0.25) is 10.1 Å². The molecule has 23 heavy (non-hydrogen) atoms. The van der Waals surface area contributed by atoms with Crippen LogP contribution in [0.15, 0.2) is 66.7 Å². The Bertz CT molecular complexity index is 727. The van der Waals surface area contributed by atoms with Crippen LogP contribution in [0.3, 0.4) is 0 Å². The Kier molecular flexibility index (Phi) is 5.09. The van der Waals surface area contributed by atoms with Crippen LogP contribution in [-0.2, 0) is 9.53 Å². The number of ether oxygens (including phenoxy) is 2. The highest BCUT2D eigenvalue weighted by Gasteiger charge is 2.25. The van der Waals surface area contributed by atoms with Gasteiger partial charge in [-0.1, -0.05) is 36.9 Å². The Hall–Kier alpha value is -3.15. The largest absolute Gasteiger partial charge is 0.481 e. The number of carbonyl (C=O) groups is 1. The van der Waals surface area contributed by atoms with Crippen LogP contribution in [0.25, 0.3) is 0 Å². The molecule has 0 saturated carbocycles. The number of rotatable bonds is 6. The molecule has 1 atom stereocenters. The lowest BCUT2D eigenvalue weighted by Gasteiger charge is -2.20. The summed E-state index contributed by atoms with van der Waals surface area (Å²) in [5, 5.41) is 10.9. The molecule has 0 bridgehead atoms. The van der Waals surface area contributed by atoms with E-state index in [2.05, 4.69) is 11.3 Å². The maximum Gasteiger partial charge on any atom is 0.337 e. The molecule has 0 aliphatic heterocycles. The summed E-state index contributed by atoms with van der Waals surface area (Å²) in [6.07, 6.45) is -0.884. The number of benzene rings is 2. The number of carbonyl (C=O) groups excluding carboxylic acids is 1. The maximum absolute atomic E-state index is 11.8. The summed E-state index contributed by atoms with van der Waals surface area (Å²) in [4.78, 5) is 22.2. The zero-order valence-electron chi connectivity index (χ0n) is 12.5. The third-order valence-electron chi connectivity index (χ3n) is 3.14. The lowest BCUT2D eigenvalue weighted by molar-refractivity contribution is -0.385. The number of nitrogens with zero attached hydrogens (tertiary/aromatic N) is 1. The van der Waals surface area contributed by atoms with E-state index >= 15 is 0 Å². The molecule has 0 heterocycles. The summed E-state index contributed by atoms with van der Waals surface area (Å²) >= 11 is 0. The van der Waals surface area contributed by atoms with E-state index in [9.17, 15) is 14.9 Å². The van der Waals surface area contributed by atoms with Gasteiger partial charge < -0.3 is 9.47 Å². The Morgan fingerprint density at radius 3 is 2.48 bits per heavy atom. The van der Waals surface area contributed by atoms with Crippen molar-refractivity contribution in [1.29, 1.82) is 0 Å². The molecule has 118 valence electrons. The van der Waals surface area contributed by atoms with Crippen LogP contribution in [-0.4, -0.2) is 18.0 Å². The highest BCUT2D eigenvalue weighted by atomic mass is 16.6. The van der Waals surface area contributed by atoms with Gasteiger partial charge in [-0.2, -0.15) is 0 Å². The molecule has 0 amide bonds. The minimum absolute atomic E-state index is 0.0526. The van der Waals surface area contributed by atoms with Crippen LogP contribution in [0.2, 0.25) is 0 Å².